The zero-order valence-electron chi connectivity index (χ0n) is 12.9. The van der Waals surface area contributed by atoms with Crippen LogP contribution in [0, 0.1) is 0 Å². The Morgan fingerprint density at radius 1 is 1.09 bits per heavy atom. The van der Waals surface area contributed by atoms with Crippen molar-refractivity contribution in [2.45, 2.75) is 32.7 Å². The summed E-state index contributed by atoms with van der Waals surface area (Å²) in [7, 11) is 0. The molecular formula is C16H19N5O. The molecule has 0 atom stereocenters. The van der Waals surface area contributed by atoms with Crippen molar-refractivity contribution in [3.63, 3.8) is 0 Å². The summed E-state index contributed by atoms with van der Waals surface area (Å²) < 4.78 is 7.43. The van der Waals surface area contributed by atoms with E-state index < -0.39 is 0 Å². The smallest absolute Gasteiger partial charge is 0.315 e. The van der Waals surface area contributed by atoms with E-state index in [2.05, 4.69) is 20.6 Å². The summed E-state index contributed by atoms with van der Waals surface area (Å²) in [6.45, 7) is 6.63. The lowest BCUT2D eigenvalue weighted by Gasteiger charge is -2.10. The highest BCUT2D eigenvalue weighted by atomic mass is 16.4. The number of hydrogen-bond acceptors (Lipinski definition) is 5. The number of rotatable bonds is 4. The third-order valence-electron chi connectivity index (χ3n) is 3.15. The first-order valence-electron chi connectivity index (χ1n) is 7.20. The molecule has 1 aromatic carbocycles. The molecule has 0 saturated heterocycles. The SMILES string of the molecule is CC(C)(C)c1nnc(NCc2ccn(-c3ccccc3)n2)o1. The molecule has 6 nitrogen and oxygen atoms in total. The van der Waals surface area contributed by atoms with E-state index in [1.165, 1.54) is 0 Å². The topological polar surface area (TPSA) is 68.8 Å². The van der Waals surface area contributed by atoms with Gasteiger partial charge in [0.1, 0.15) is 0 Å². The Balaban J connectivity index is 1.65. The number of hydrogen-bond donors (Lipinski definition) is 1. The lowest BCUT2D eigenvalue weighted by atomic mass is 9.97. The molecule has 0 amide bonds. The molecule has 6 heteroatoms. The Morgan fingerprint density at radius 3 is 2.55 bits per heavy atom. The largest absolute Gasteiger partial charge is 0.408 e. The third-order valence-corrected chi connectivity index (χ3v) is 3.15. The fraction of sp³-hybridized carbons (Fsp3) is 0.312. The number of para-hydroxylation sites is 1. The normalized spacial score (nSPS) is 11.6. The quantitative estimate of drug-likeness (QED) is 0.801. The van der Waals surface area contributed by atoms with Crippen molar-refractivity contribution < 1.29 is 4.42 Å². The number of anilines is 1. The van der Waals surface area contributed by atoms with Crippen LogP contribution in [0.5, 0.6) is 0 Å². The van der Waals surface area contributed by atoms with Gasteiger partial charge in [-0.15, -0.1) is 5.10 Å². The van der Waals surface area contributed by atoms with Crippen molar-refractivity contribution in [1.29, 1.82) is 0 Å². The second kappa shape index (κ2) is 5.63. The van der Waals surface area contributed by atoms with Crippen LogP contribution in [0.3, 0.4) is 0 Å². The van der Waals surface area contributed by atoms with E-state index in [0.717, 1.165) is 11.4 Å². The van der Waals surface area contributed by atoms with Gasteiger partial charge in [-0.2, -0.15) is 5.10 Å². The van der Waals surface area contributed by atoms with Gasteiger partial charge in [-0.05, 0) is 18.2 Å². The van der Waals surface area contributed by atoms with Gasteiger partial charge >= 0.3 is 6.01 Å². The van der Waals surface area contributed by atoms with Gasteiger partial charge < -0.3 is 9.73 Å². The standard InChI is InChI=1S/C16H19N5O/c1-16(2,3)14-18-19-15(22-14)17-11-12-9-10-21(20-12)13-7-5-4-6-8-13/h4-10H,11H2,1-3H3,(H,17,19). The van der Waals surface area contributed by atoms with Crippen LogP contribution in [0.15, 0.2) is 47.0 Å². The van der Waals surface area contributed by atoms with Gasteiger partial charge in [0.05, 0.1) is 17.9 Å². The number of nitrogens with one attached hydrogen (secondary N) is 1. The second-order valence-corrected chi connectivity index (χ2v) is 6.10. The van der Waals surface area contributed by atoms with E-state index in [1.807, 2.05) is 68.0 Å². The van der Waals surface area contributed by atoms with Crippen molar-refractivity contribution >= 4 is 6.01 Å². The summed E-state index contributed by atoms with van der Waals surface area (Å²) >= 11 is 0. The van der Waals surface area contributed by atoms with Crippen molar-refractivity contribution in [3.8, 4) is 5.69 Å². The Labute approximate surface area is 129 Å². The van der Waals surface area contributed by atoms with E-state index in [4.69, 9.17) is 4.42 Å². The summed E-state index contributed by atoms with van der Waals surface area (Å²) in [4.78, 5) is 0. The monoisotopic (exact) mass is 297 g/mol. The lowest BCUT2D eigenvalue weighted by molar-refractivity contribution is 0.399. The first-order valence-corrected chi connectivity index (χ1v) is 7.20. The average Bonchev–Trinajstić information content (AvgIpc) is 3.15. The maximum absolute atomic E-state index is 5.59. The van der Waals surface area contributed by atoms with Gasteiger partial charge in [-0.3, -0.25) is 0 Å². The number of benzene rings is 1. The minimum atomic E-state index is -0.151. The lowest BCUT2D eigenvalue weighted by Crippen LogP contribution is -2.11. The maximum Gasteiger partial charge on any atom is 0.315 e. The van der Waals surface area contributed by atoms with Crippen LogP contribution < -0.4 is 5.32 Å². The molecule has 0 fully saturated rings. The summed E-state index contributed by atoms with van der Waals surface area (Å²) in [5, 5.41) is 15.7. The Hall–Kier alpha value is -2.63. The molecule has 0 saturated carbocycles. The molecule has 2 heterocycles. The predicted octanol–water partition coefficient (Wildman–Crippen LogP) is 3.16. The molecule has 0 radical (unpaired) electrons. The maximum atomic E-state index is 5.59. The van der Waals surface area contributed by atoms with Crippen LogP contribution in [0.25, 0.3) is 5.69 Å². The van der Waals surface area contributed by atoms with Crippen molar-refractivity contribution in [2.75, 3.05) is 5.32 Å². The van der Waals surface area contributed by atoms with Gasteiger partial charge in [0, 0.05) is 11.6 Å². The molecule has 0 bridgehead atoms. The van der Waals surface area contributed by atoms with E-state index in [-0.39, 0.29) is 5.41 Å². The molecule has 0 unspecified atom stereocenters. The molecule has 3 rings (SSSR count). The van der Waals surface area contributed by atoms with E-state index in [1.54, 1.807) is 0 Å². The van der Waals surface area contributed by atoms with Crippen LogP contribution >= 0.6 is 0 Å². The molecule has 0 aliphatic rings. The first-order chi connectivity index (χ1) is 10.5. The fourth-order valence-corrected chi connectivity index (χ4v) is 1.94. The fourth-order valence-electron chi connectivity index (χ4n) is 1.94. The minimum Gasteiger partial charge on any atom is -0.408 e. The summed E-state index contributed by atoms with van der Waals surface area (Å²) in [5.41, 5.74) is 1.78. The van der Waals surface area contributed by atoms with Crippen molar-refractivity contribution in [1.82, 2.24) is 20.0 Å². The third kappa shape index (κ3) is 3.16. The summed E-state index contributed by atoms with van der Waals surface area (Å²) in [6, 6.07) is 12.4. The van der Waals surface area contributed by atoms with Crippen LogP contribution in [0.4, 0.5) is 6.01 Å². The van der Waals surface area contributed by atoms with Gasteiger partial charge in [-0.1, -0.05) is 44.1 Å². The van der Waals surface area contributed by atoms with E-state index in [9.17, 15) is 0 Å². The highest BCUT2D eigenvalue weighted by Crippen LogP contribution is 2.22. The van der Waals surface area contributed by atoms with E-state index in [0.29, 0.717) is 18.5 Å². The van der Waals surface area contributed by atoms with Crippen LogP contribution in [-0.2, 0) is 12.0 Å². The number of aromatic nitrogens is 4. The predicted molar refractivity (Wildman–Crippen MR) is 83.9 cm³/mol. The number of nitrogens with zero attached hydrogens (tertiary/aromatic N) is 4. The zero-order valence-corrected chi connectivity index (χ0v) is 12.9. The second-order valence-electron chi connectivity index (χ2n) is 6.10. The molecule has 2 aromatic heterocycles. The highest BCUT2D eigenvalue weighted by molar-refractivity contribution is 5.31. The average molecular weight is 297 g/mol. The van der Waals surface area contributed by atoms with Gasteiger partial charge in [0.2, 0.25) is 5.89 Å². The molecular weight excluding hydrogens is 278 g/mol. The van der Waals surface area contributed by atoms with Crippen LogP contribution in [-0.4, -0.2) is 20.0 Å². The van der Waals surface area contributed by atoms with Crippen molar-refractivity contribution in [2.24, 2.45) is 0 Å². The molecule has 0 spiro atoms. The molecule has 22 heavy (non-hydrogen) atoms. The van der Waals surface area contributed by atoms with Crippen LogP contribution in [0.1, 0.15) is 32.4 Å². The van der Waals surface area contributed by atoms with Crippen molar-refractivity contribution in [3.05, 3.63) is 54.2 Å². The minimum absolute atomic E-state index is 0.151. The van der Waals surface area contributed by atoms with Crippen LogP contribution in [0.2, 0.25) is 0 Å². The first kappa shape index (κ1) is 14.3. The zero-order chi connectivity index (χ0) is 15.6. The molecule has 0 aliphatic heterocycles. The van der Waals surface area contributed by atoms with Gasteiger partial charge in [0.25, 0.3) is 0 Å². The van der Waals surface area contributed by atoms with E-state index >= 15 is 0 Å². The molecule has 1 N–H and O–H groups in total. The Morgan fingerprint density at radius 2 is 1.86 bits per heavy atom. The Kier molecular flexibility index (Phi) is 3.66. The summed E-state index contributed by atoms with van der Waals surface area (Å²) in [5.74, 6) is 0.616. The Bertz CT molecular complexity index is 739. The van der Waals surface area contributed by atoms with Gasteiger partial charge in [-0.25, -0.2) is 4.68 Å². The summed E-state index contributed by atoms with van der Waals surface area (Å²) in [6.07, 6.45) is 1.93. The van der Waals surface area contributed by atoms with Gasteiger partial charge in [0.15, 0.2) is 0 Å². The molecule has 3 aromatic rings. The highest BCUT2D eigenvalue weighted by Gasteiger charge is 2.21. The molecule has 114 valence electrons. The molecule has 0 aliphatic carbocycles.